The van der Waals surface area contributed by atoms with Crippen molar-refractivity contribution in [3.05, 3.63) is 169 Å². The number of aliphatic imine (C=N–C) groups is 1. The van der Waals surface area contributed by atoms with E-state index in [1.54, 1.807) is 0 Å². The van der Waals surface area contributed by atoms with Gasteiger partial charge in [0.2, 0.25) is 0 Å². The van der Waals surface area contributed by atoms with E-state index in [0.29, 0.717) is 5.84 Å². The predicted octanol–water partition coefficient (Wildman–Crippen LogP) is 11.5. The van der Waals surface area contributed by atoms with E-state index < -0.39 is 6.17 Å². The maximum atomic E-state index is 6.92. The summed E-state index contributed by atoms with van der Waals surface area (Å²) in [4.78, 5) is 4.90. The Bertz CT molecular complexity index is 3020. The lowest BCUT2D eigenvalue weighted by Gasteiger charge is -2.14. The molecule has 1 unspecified atom stereocenters. The van der Waals surface area contributed by atoms with E-state index in [1.807, 2.05) is 54.6 Å². The Balaban J connectivity index is 1.07. The lowest BCUT2D eigenvalue weighted by atomic mass is 9.93. The van der Waals surface area contributed by atoms with Gasteiger partial charge in [-0.15, -0.1) is 0 Å². The fourth-order valence-electron chi connectivity index (χ4n) is 7.71. The van der Waals surface area contributed by atoms with Crippen molar-refractivity contribution in [2.75, 3.05) is 0 Å². The van der Waals surface area contributed by atoms with Crippen molar-refractivity contribution >= 4 is 71.3 Å². The van der Waals surface area contributed by atoms with Gasteiger partial charge in [-0.05, 0) is 80.2 Å². The molecule has 8 aromatic carbocycles. The molecule has 4 N–H and O–H groups in total. The first-order valence-electron chi connectivity index (χ1n) is 17.1. The fourth-order valence-corrected chi connectivity index (χ4v) is 7.71. The highest BCUT2D eigenvalue weighted by molar-refractivity contribution is 6.16. The molecule has 5 nitrogen and oxygen atoms in total. The van der Waals surface area contributed by atoms with Crippen LogP contribution < -0.4 is 11.5 Å². The van der Waals surface area contributed by atoms with Crippen molar-refractivity contribution in [3.63, 3.8) is 0 Å². The maximum absolute atomic E-state index is 6.92. The zero-order valence-corrected chi connectivity index (χ0v) is 27.5. The van der Waals surface area contributed by atoms with Gasteiger partial charge in [0.1, 0.15) is 34.3 Å². The summed E-state index contributed by atoms with van der Waals surface area (Å²) in [6.45, 7) is 0. The number of para-hydroxylation sites is 1. The molecule has 0 saturated carbocycles. The van der Waals surface area contributed by atoms with E-state index in [0.717, 1.165) is 71.7 Å². The SMILES string of the molecule is N/C(=N\C(N)c1cccc2oc3ccc(-c4cccc5ccc6ccccc6c45)cc3c12)c1ccccc1-c1ccc2c(c1)oc1ccccc12. The normalized spacial score (nSPS) is 12.9. The zero-order chi connectivity index (χ0) is 34.1. The van der Waals surface area contributed by atoms with Gasteiger partial charge < -0.3 is 20.3 Å². The number of furan rings is 2. The van der Waals surface area contributed by atoms with Crippen LogP contribution in [0.3, 0.4) is 0 Å². The molecule has 0 spiro atoms. The third-order valence-corrected chi connectivity index (χ3v) is 10.1. The third kappa shape index (κ3) is 4.71. The average molecular weight is 658 g/mol. The largest absolute Gasteiger partial charge is 0.456 e. The van der Waals surface area contributed by atoms with Gasteiger partial charge in [-0.2, -0.15) is 0 Å². The summed E-state index contributed by atoms with van der Waals surface area (Å²) in [6, 6.07) is 54.1. The lowest BCUT2D eigenvalue weighted by molar-refractivity contribution is 0.667. The molecule has 0 bridgehead atoms. The highest BCUT2D eigenvalue weighted by Gasteiger charge is 2.19. The number of nitrogens with two attached hydrogens (primary N) is 2. The molecule has 10 rings (SSSR count). The Hall–Kier alpha value is -6.69. The molecule has 2 heterocycles. The standard InChI is InChI=1S/C46H31N3O2/c47-45(36-14-4-3-11-31(36)30-21-23-35-34-13-5-6-17-39(34)51-42(35)26-30)49-46(48)37-16-8-18-41-44(37)38-25-29(22-24-40(38)50-41)33-15-7-10-28-20-19-27-9-1-2-12-32(27)43(28)33/h1-26,46H,48H2,(H2,47,49). The molecule has 0 saturated heterocycles. The number of hydrogen-bond donors (Lipinski definition) is 2. The Kier molecular flexibility index (Phi) is 6.56. The van der Waals surface area contributed by atoms with Crippen LogP contribution in [0.4, 0.5) is 0 Å². The highest BCUT2D eigenvalue weighted by atomic mass is 16.3. The summed E-state index contributed by atoms with van der Waals surface area (Å²) in [6.07, 6.45) is -0.731. The van der Waals surface area contributed by atoms with Gasteiger partial charge in [0, 0.05) is 32.7 Å². The molecule has 1 atom stereocenters. The number of amidine groups is 1. The van der Waals surface area contributed by atoms with E-state index in [1.165, 1.54) is 27.1 Å². The summed E-state index contributed by atoms with van der Waals surface area (Å²) in [5, 5.41) is 8.97. The van der Waals surface area contributed by atoms with Crippen molar-refractivity contribution in [3.8, 4) is 22.3 Å². The van der Waals surface area contributed by atoms with Crippen molar-refractivity contribution in [1.29, 1.82) is 0 Å². The molecule has 242 valence electrons. The van der Waals surface area contributed by atoms with Gasteiger partial charge in [0.05, 0.1) is 0 Å². The van der Waals surface area contributed by atoms with Crippen LogP contribution in [0.1, 0.15) is 17.3 Å². The lowest BCUT2D eigenvalue weighted by Crippen LogP contribution is -2.19. The van der Waals surface area contributed by atoms with Crippen molar-refractivity contribution in [1.82, 2.24) is 0 Å². The second-order valence-electron chi connectivity index (χ2n) is 13.0. The maximum Gasteiger partial charge on any atom is 0.136 e. The van der Waals surface area contributed by atoms with Gasteiger partial charge in [-0.1, -0.05) is 121 Å². The highest BCUT2D eigenvalue weighted by Crippen LogP contribution is 2.40. The van der Waals surface area contributed by atoms with Gasteiger partial charge >= 0.3 is 0 Å². The van der Waals surface area contributed by atoms with Crippen LogP contribution in [-0.2, 0) is 0 Å². The Morgan fingerprint density at radius 1 is 0.471 bits per heavy atom. The van der Waals surface area contributed by atoms with Gasteiger partial charge in [-0.3, -0.25) is 0 Å². The molecule has 0 aliphatic carbocycles. The second kappa shape index (κ2) is 11.4. The van der Waals surface area contributed by atoms with Crippen molar-refractivity contribution in [2.45, 2.75) is 6.17 Å². The molecule has 10 aromatic rings. The van der Waals surface area contributed by atoms with E-state index in [-0.39, 0.29) is 0 Å². The number of fused-ring (bicyclic) bond motifs is 9. The molecule has 0 amide bonds. The predicted molar refractivity (Wildman–Crippen MR) is 211 cm³/mol. The van der Waals surface area contributed by atoms with Crippen LogP contribution in [-0.4, -0.2) is 5.84 Å². The molecule has 51 heavy (non-hydrogen) atoms. The molecular weight excluding hydrogens is 627 g/mol. The molecule has 0 aliphatic rings. The topological polar surface area (TPSA) is 90.7 Å². The third-order valence-electron chi connectivity index (χ3n) is 10.1. The monoisotopic (exact) mass is 657 g/mol. The zero-order valence-electron chi connectivity index (χ0n) is 27.5. The Morgan fingerprint density at radius 2 is 1.12 bits per heavy atom. The first-order valence-corrected chi connectivity index (χ1v) is 17.1. The Morgan fingerprint density at radius 3 is 2.06 bits per heavy atom. The van der Waals surface area contributed by atoms with Crippen LogP contribution in [0.5, 0.6) is 0 Å². The van der Waals surface area contributed by atoms with Crippen LogP contribution in [0, 0.1) is 0 Å². The summed E-state index contributed by atoms with van der Waals surface area (Å²) in [7, 11) is 0. The van der Waals surface area contributed by atoms with Crippen LogP contribution in [0.15, 0.2) is 172 Å². The minimum absolute atomic E-state index is 0.357. The molecule has 0 fully saturated rings. The first-order chi connectivity index (χ1) is 25.1. The minimum Gasteiger partial charge on any atom is -0.456 e. The summed E-state index contributed by atoms with van der Waals surface area (Å²) >= 11 is 0. The molecule has 2 aromatic heterocycles. The fraction of sp³-hybridized carbons (Fsp3) is 0.0217. The summed E-state index contributed by atoms with van der Waals surface area (Å²) < 4.78 is 12.6. The number of nitrogens with zero attached hydrogens (tertiary/aromatic N) is 1. The molecule has 5 heteroatoms. The quantitative estimate of drug-likeness (QED) is 0.109. The first kappa shape index (κ1) is 29.2. The summed E-state index contributed by atoms with van der Waals surface area (Å²) in [5.41, 5.74) is 22.8. The minimum atomic E-state index is -0.731. The Labute approximate surface area is 293 Å². The van der Waals surface area contributed by atoms with Crippen LogP contribution in [0.2, 0.25) is 0 Å². The number of rotatable bonds is 5. The van der Waals surface area contributed by atoms with Crippen molar-refractivity contribution < 1.29 is 8.83 Å². The number of hydrogen-bond acceptors (Lipinski definition) is 4. The van der Waals surface area contributed by atoms with E-state index >= 15 is 0 Å². The van der Waals surface area contributed by atoms with Crippen LogP contribution in [0.25, 0.3) is 87.7 Å². The number of benzene rings is 8. The van der Waals surface area contributed by atoms with Gasteiger partial charge in [0.15, 0.2) is 0 Å². The van der Waals surface area contributed by atoms with E-state index in [9.17, 15) is 0 Å². The van der Waals surface area contributed by atoms with E-state index in [2.05, 4.69) is 103 Å². The van der Waals surface area contributed by atoms with Crippen LogP contribution >= 0.6 is 0 Å². The van der Waals surface area contributed by atoms with E-state index in [4.69, 9.17) is 25.3 Å². The molecule has 0 radical (unpaired) electrons. The van der Waals surface area contributed by atoms with Gasteiger partial charge in [0.25, 0.3) is 0 Å². The molecule has 0 aliphatic heterocycles. The summed E-state index contributed by atoms with van der Waals surface area (Å²) in [5.74, 6) is 0.357. The smallest absolute Gasteiger partial charge is 0.136 e. The average Bonchev–Trinajstić information content (AvgIpc) is 3.75. The van der Waals surface area contributed by atoms with Gasteiger partial charge in [-0.25, -0.2) is 4.99 Å². The second-order valence-corrected chi connectivity index (χ2v) is 13.0. The molecular formula is C46H31N3O2. The van der Waals surface area contributed by atoms with Crippen molar-refractivity contribution in [2.24, 2.45) is 16.5 Å².